The number of hydrogen-bond donors (Lipinski definition) is 4. The van der Waals surface area contributed by atoms with Crippen LogP contribution in [0.5, 0.6) is 5.75 Å². The summed E-state index contributed by atoms with van der Waals surface area (Å²) in [5.41, 5.74) is 7.55. The third-order valence-corrected chi connectivity index (χ3v) is 4.85. The van der Waals surface area contributed by atoms with E-state index in [0.29, 0.717) is 5.69 Å². The van der Waals surface area contributed by atoms with Gasteiger partial charge >= 0.3 is 0 Å². The fourth-order valence-electron chi connectivity index (χ4n) is 2.70. The fraction of sp³-hybridized carbons (Fsp3) is 0.0556. The van der Waals surface area contributed by atoms with Crippen molar-refractivity contribution in [1.29, 1.82) is 0 Å². The molecule has 0 bridgehead atoms. The topological polar surface area (TPSA) is 130 Å². The molecule has 0 spiro atoms. The molecule has 3 aromatic carbocycles. The lowest BCUT2D eigenvalue weighted by atomic mass is 10.1. The second-order valence-electron chi connectivity index (χ2n) is 5.86. The molecular weight excluding hydrogens is 356 g/mol. The number of rotatable bonds is 3. The number of carbonyl (C=O) groups excluding carboxylic acids is 1. The molecule has 8 heteroatoms. The zero-order chi connectivity index (χ0) is 19.1. The van der Waals surface area contributed by atoms with Gasteiger partial charge in [0.05, 0.1) is 5.56 Å². The first-order chi connectivity index (χ1) is 12.2. The van der Waals surface area contributed by atoms with Crippen molar-refractivity contribution in [3.63, 3.8) is 0 Å². The van der Waals surface area contributed by atoms with Gasteiger partial charge in [0, 0.05) is 22.1 Å². The number of aryl methyl sites for hydroxylation is 1. The standard InChI is InChI=1S/C18H16N2O5S/c1-10-2-5-15(19)14(8-10)18(22)20-16-6-7-17(26(23,24)25)12-4-3-11(21)9-13(12)16/h2-9,21H,19H2,1H3,(H,20,22)(H,23,24,25). The number of phenols is 1. The van der Waals surface area contributed by atoms with Crippen LogP contribution in [0.25, 0.3) is 10.8 Å². The molecule has 0 aliphatic heterocycles. The highest BCUT2D eigenvalue weighted by molar-refractivity contribution is 7.86. The van der Waals surface area contributed by atoms with Crippen LogP contribution in [0.4, 0.5) is 11.4 Å². The summed E-state index contributed by atoms with van der Waals surface area (Å²) in [6.45, 7) is 1.82. The number of fused-ring (bicyclic) bond motifs is 1. The molecule has 0 heterocycles. The average Bonchev–Trinajstić information content (AvgIpc) is 2.56. The van der Waals surface area contributed by atoms with Crippen molar-refractivity contribution < 1.29 is 22.9 Å². The van der Waals surface area contributed by atoms with Gasteiger partial charge < -0.3 is 16.2 Å². The minimum absolute atomic E-state index is 0.115. The molecule has 0 saturated heterocycles. The molecule has 7 nitrogen and oxygen atoms in total. The number of nitrogen functional groups attached to an aromatic ring is 1. The molecule has 0 fully saturated rings. The summed E-state index contributed by atoms with van der Waals surface area (Å²) in [7, 11) is -4.47. The summed E-state index contributed by atoms with van der Waals surface area (Å²) in [6.07, 6.45) is 0. The predicted octanol–water partition coefficient (Wildman–Crippen LogP) is 2.94. The van der Waals surface area contributed by atoms with Crippen LogP contribution in [0, 0.1) is 6.92 Å². The molecule has 0 aliphatic carbocycles. The highest BCUT2D eigenvalue weighted by Crippen LogP contribution is 2.32. The van der Waals surface area contributed by atoms with E-state index >= 15 is 0 Å². The molecule has 0 unspecified atom stereocenters. The maximum Gasteiger partial charge on any atom is 0.295 e. The normalized spacial score (nSPS) is 11.5. The molecule has 134 valence electrons. The number of aromatic hydroxyl groups is 1. The quantitative estimate of drug-likeness (QED) is 0.413. The molecule has 3 rings (SSSR count). The zero-order valence-corrected chi connectivity index (χ0v) is 14.5. The Bertz CT molecular complexity index is 1140. The van der Waals surface area contributed by atoms with E-state index in [4.69, 9.17) is 5.73 Å². The minimum atomic E-state index is -4.47. The third kappa shape index (κ3) is 3.32. The summed E-state index contributed by atoms with van der Waals surface area (Å²) in [5, 5.41) is 12.8. The Morgan fingerprint density at radius 3 is 2.46 bits per heavy atom. The van der Waals surface area contributed by atoms with E-state index in [-0.39, 0.29) is 32.7 Å². The molecule has 0 aromatic heterocycles. The molecule has 0 radical (unpaired) electrons. The van der Waals surface area contributed by atoms with E-state index in [2.05, 4.69) is 5.32 Å². The van der Waals surface area contributed by atoms with Crippen LogP contribution in [0.3, 0.4) is 0 Å². The van der Waals surface area contributed by atoms with Crippen LogP contribution >= 0.6 is 0 Å². The van der Waals surface area contributed by atoms with Crippen molar-refractivity contribution in [3.8, 4) is 5.75 Å². The van der Waals surface area contributed by atoms with Gasteiger partial charge in [0.1, 0.15) is 10.6 Å². The van der Waals surface area contributed by atoms with Crippen molar-refractivity contribution >= 4 is 38.2 Å². The number of nitrogens with two attached hydrogens (primary N) is 1. The average molecular weight is 372 g/mol. The first-order valence-electron chi connectivity index (χ1n) is 7.57. The summed E-state index contributed by atoms with van der Waals surface area (Å²) < 4.78 is 32.5. The summed E-state index contributed by atoms with van der Waals surface area (Å²) in [5.74, 6) is -0.592. The van der Waals surface area contributed by atoms with E-state index < -0.39 is 16.0 Å². The van der Waals surface area contributed by atoms with Gasteiger partial charge in [-0.15, -0.1) is 0 Å². The lowest BCUT2D eigenvalue weighted by molar-refractivity contribution is 0.102. The second-order valence-corrected chi connectivity index (χ2v) is 7.25. The summed E-state index contributed by atoms with van der Waals surface area (Å²) >= 11 is 0. The van der Waals surface area contributed by atoms with Crippen molar-refractivity contribution in [2.45, 2.75) is 11.8 Å². The van der Waals surface area contributed by atoms with Gasteiger partial charge in [-0.2, -0.15) is 8.42 Å². The maximum absolute atomic E-state index is 12.6. The van der Waals surface area contributed by atoms with Crippen LogP contribution < -0.4 is 11.1 Å². The minimum Gasteiger partial charge on any atom is -0.508 e. The Kier molecular flexibility index (Phi) is 4.31. The van der Waals surface area contributed by atoms with Gasteiger partial charge in [0.25, 0.3) is 16.0 Å². The molecular formula is C18H16N2O5S. The Morgan fingerprint density at radius 1 is 1.04 bits per heavy atom. The van der Waals surface area contributed by atoms with Crippen molar-refractivity contribution in [3.05, 3.63) is 59.7 Å². The lowest BCUT2D eigenvalue weighted by Crippen LogP contribution is -2.14. The van der Waals surface area contributed by atoms with Crippen molar-refractivity contribution in [2.75, 3.05) is 11.1 Å². The maximum atomic E-state index is 12.6. The Balaban J connectivity index is 2.13. The smallest absolute Gasteiger partial charge is 0.295 e. The first kappa shape index (κ1) is 17.7. The predicted molar refractivity (Wildman–Crippen MR) is 99.0 cm³/mol. The number of carbonyl (C=O) groups is 1. The van der Waals surface area contributed by atoms with E-state index in [1.165, 1.54) is 30.3 Å². The van der Waals surface area contributed by atoms with Gasteiger partial charge in [0.15, 0.2) is 0 Å². The number of hydrogen-bond acceptors (Lipinski definition) is 5. The lowest BCUT2D eigenvalue weighted by Gasteiger charge is -2.13. The molecule has 5 N–H and O–H groups in total. The van der Waals surface area contributed by atoms with Crippen LogP contribution in [0.1, 0.15) is 15.9 Å². The number of benzene rings is 3. The Hall–Kier alpha value is -3.10. The number of amides is 1. The number of nitrogens with one attached hydrogen (secondary N) is 1. The van der Waals surface area contributed by atoms with Crippen molar-refractivity contribution in [2.24, 2.45) is 0 Å². The van der Waals surface area contributed by atoms with Gasteiger partial charge in [-0.25, -0.2) is 0 Å². The molecule has 0 atom stereocenters. The van der Waals surface area contributed by atoms with Gasteiger partial charge in [-0.1, -0.05) is 11.6 Å². The Morgan fingerprint density at radius 2 is 1.77 bits per heavy atom. The highest BCUT2D eigenvalue weighted by atomic mass is 32.2. The fourth-order valence-corrected chi connectivity index (χ4v) is 3.39. The summed E-state index contributed by atoms with van der Waals surface area (Å²) in [4.78, 5) is 12.3. The van der Waals surface area contributed by atoms with Crippen LogP contribution in [0.15, 0.2) is 53.4 Å². The monoisotopic (exact) mass is 372 g/mol. The number of anilines is 2. The van der Waals surface area contributed by atoms with Crippen molar-refractivity contribution in [1.82, 2.24) is 0 Å². The molecule has 1 amide bonds. The van der Waals surface area contributed by atoms with Gasteiger partial charge in [-0.3, -0.25) is 9.35 Å². The number of phenolic OH excluding ortho intramolecular Hbond substituents is 1. The Labute approximate surface area is 149 Å². The molecule has 26 heavy (non-hydrogen) atoms. The second kappa shape index (κ2) is 6.32. The molecule has 3 aromatic rings. The van der Waals surface area contributed by atoms with Gasteiger partial charge in [-0.05, 0) is 49.4 Å². The van der Waals surface area contributed by atoms with E-state index in [1.54, 1.807) is 18.2 Å². The van der Waals surface area contributed by atoms with Gasteiger partial charge in [0.2, 0.25) is 0 Å². The third-order valence-electron chi connectivity index (χ3n) is 3.94. The van der Waals surface area contributed by atoms with Crippen LogP contribution in [0.2, 0.25) is 0 Å². The summed E-state index contributed by atoms with van der Waals surface area (Å²) in [6, 6.07) is 11.5. The highest BCUT2D eigenvalue weighted by Gasteiger charge is 2.18. The van der Waals surface area contributed by atoms with Crippen LogP contribution in [-0.4, -0.2) is 24.0 Å². The zero-order valence-electron chi connectivity index (χ0n) is 13.7. The van der Waals surface area contributed by atoms with E-state index in [9.17, 15) is 22.9 Å². The largest absolute Gasteiger partial charge is 0.508 e. The van der Waals surface area contributed by atoms with E-state index in [0.717, 1.165) is 5.56 Å². The molecule has 0 aliphatic rings. The molecule has 0 saturated carbocycles. The van der Waals surface area contributed by atoms with E-state index in [1.807, 2.05) is 6.92 Å². The SMILES string of the molecule is Cc1ccc(N)c(C(=O)Nc2ccc(S(=O)(=O)O)c3ccc(O)cc23)c1. The first-order valence-corrected chi connectivity index (χ1v) is 9.01. The van der Waals surface area contributed by atoms with Crippen LogP contribution in [-0.2, 0) is 10.1 Å².